The first kappa shape index (κ1) is 16.2. The van der Waals surface area contributed by atoms with Gasteiger partial charge in [0.2, 0.25) is 0 Å². The maximum atomic E-state index is 5.57. The van der Waals surface area contributed by atoms with Gasteiger partial charge in [-0.3, -0.25) is 0 Å². The van der Waals surface area contributed by atoms with Crippen molar-refractivity contribution in [2.45, 2.75) is 59.3 Å². The van der Waals surface area contributed by atoms with Gasteiger partial charge in [-0.05, 0) is 66.0 Å². The number of aromatic nitrogens is 4. The monoisotopic (exact) mass is 324 g/mol. The summed E-state index contributed by atoms with van der Waals surface area (Å²) in [5.41, 5.74) is -0.0255. The summed E-state index contributed by atoms with van der Waals surface area (Å²) in [5, 5.41) is 0. The zero-order chi connectivity index (χ0) is 16.0. The molecule has 0 aliphatic rings. The average Bonchev–Trinajstić information content (AvgIpc) is 2.83. The highest BCUT2D eigenvalue weighted by Crippen LogP contribution is 2.17. The molecule has 0 bridgehead atoms. The lowest BCUT2D eigenvalue weighted by atomic mass is 10.1. The van der Waals surface area contributed by atoms with E-state index in [1.54, 1.807) is 0 Å². The number of nitrogens with zero attached hydrogens (tertiary/aromatic N) is 4. The molecule has 2 aromatic rings. The van der Waals surface area contributed by atoms with Crippen molar-refractivity contribution in [3.63, 3.8) is 0 Å². The topological polar surface area (TPSA) is 19.7 Å². The summed E-state index contributed by atoms with van der Waals surface area (Å²) in [7, 11) is 0. The third-order valence-electron chi connectivity index (χ3n) is 3.45. The van der Waals surface area contributed by atoms with E-state index in [1.807, 2.05) is 33.9 Å². The molecule has 0 radical (unpaired) electrons. The molecule has 21 heavy (non-hydrogen) atoms. The minimum Gasteiger partial charge on any atom is -0.318 e. The molecule has 2 rings (SSSR count). The summed E-state index contributed by atoms with van der Waals surface area (Å²) in [6.07, 6.45) is 8.10. The van der Waals surface area contributed by atoms with Gasteiger partial charge in [-0.25, -0.2) is 0 Å². The fourth-order valence-electron chi connectivity index (χ4n) is 2.23. The Morgan fingerprint density at radius 1 is 0.714 bits per heavy atom. The van der Waals surface area contributed by atoms with Gasteiger partial charge in [0.05, 0.1) is 0 Å². The quantitative estimate of drug-likeness (QED) is 0.764. The average molecular weight is 325 g/mol. The SMILES string of the molecule is CC(C)(C)n1ccn(Cn2ccn(C(C)(C)C)c2=S)c1=S. The van der Waals surface area contributed by atoms with Crippen LogP contribution in [-0.4, -0.2) is 18.3 Å². The Balaban J connectivity index is 2.37. The van der Waals surface area contributed by atoms with Gasteiger partial charge >= 0.3 is 0 Å². The Morgan fingerprint density at radius 3 is 1.29 bits per heavy atom. The van der Waals surface area contributed by atoms with Crippen molar-refractivity contribution < 1.29 is 0 Å². The van der Waals surface area contributed by atoms with Crippen molar-refractivity contribution in [3.8, 4) is 0 Å². The van der Waals surface area contributed by atoms with Crippen molar-refractivity contribution in [1.82, 2.24) is 18.3 Å². The van der Waals surface area contributed by atoms with E-state index in [2.05, 4.69) is 50.7 Å². The molecule has 0 fully saturated rings. The van der Waals surface area contributed by atoms with Crippen molar-refractivity contribution in [3.05, 3.63) is 34.3 Å². The van der Waals surface area contributed by atoms with Crippen molar-refractivity contribution in [2.24, 2.45) is 0 Å². The molecule has 0 aliphatic heterocycles. The fourth-order valence-corrected chi connectivity index (χ4v) is 3.13. The summed E-state index contributed by atoms with van der Waals surface area (Å²) in [4.78, 5) is 0. The van der Waals surface area contributed by atoms with Crippen molar-refractivity contribution >= 4 is 24.4 Å². The Hall–Kier alpha value is -1.14. The summed E-state index contributed by atoms with van der Waals surface area (Å²) >= 11 is 11.1. The van der Waals surface area contributed by atoms with Crippen LogP contribution in [0.1, 0.15) is 41.5 Å². The van der Waals surface area contributed by atoms with E-state index in [9.17, 15) is 0 Å². The molecule has 0 saturated carbocycles. The lowest BCUT2D eigenvalue weighted by Gasteiger charge is -2.21. The minimum absolute atomic E-state index is 0.0128. The molecule has 0 atom stereocenters. The predicted molar refractivity (Wildman–Crippen MR) is 91.9 cm³/mol. The second-order valence-corrected chi connectivity index (χ2v) is 8.05. The van der Waals surface area contributed by atoms with Crippen LogP contribution in [0.4, 0.5) is 0 Å². The molecule has 0 saturated heterocycles. The van der Waals surface area contributed by atoms with Crippen LogP contribution in [0.3, 0.4) is 0 Å². The van der Waals surface area contributed by atoms with Crippen LogP contribution in [0.5, 0.6) is 0 Å². The first-order valence-electron chi connectivity index (χ1n) is 7.08. The first-order chi connectivity index (χ1) is 9.51. The lowest BCUT2D eigenvalue weighted by Crippen LogP contribution is -2.23. The van der Waals surface area contributed by atoms with Crippen LogP contribution in [-0.2, 0) is 17.7 Å². The third kappa shape index (κ3) is 3.21. The summed E-state index contributed by atoms with van der Waals surface area (Å²) in [6.45, 7) is 13.5. The number of rotatable bonds is 2. The molecule has 0 unspecified atom stereocenters. The normalized spacial score (nSPS) is 12.9. The zero-order valence-corrected chi connectivity index (χ0v) is 15.3. The van der Waals surface area contributed by atoms with Gasteiger partial charge in [-0.2, -0.15) is 0 Å². The van der Waals surface area contributed by atoms with Crippen LogP contribution in [0, 0.1) is 9.54 Å². The highest BCUT2D eigenvalue weighted by atomic mass is 32.1. The molecular weight excluding hydrogens is 300 g/mol. The molecule has 2 aromatic heterocycles. The van der Waals surface area contributed by atoms with Crippen molar-refractivity contribution in [2.75, 3.05) is 0 Å². The standard InChI is InChI=1S/C15H24N4S2/c1-14(2,3)18-9-7-16(12(18)20)11-17-8-10-19(13(17)21)15(4,5)6/h7-10H,11H2,1-6H3. The van der Waals surface area contributed by atoms with Crippen molar-refractivity contribution in [1.29, 1.82) is 0 Å². The molecule has 4 nitrogen and oxygen atoms in total. The third-order valence-corrected chi connectivity index (χ3v) is 4.31. The molecule has 6 heteroatoms. The molecular formula is C15H24N4S2. The smallest absolute Gasteiger partial charge is 0.181 e. The van der Waals surface area contributed by atoms with Crippen LogP contribution in [0.15, 0.2) is 24.8 Å². The maximum absolute atomic E-state index is 5.57. The molecule has 0 spiro atoms. The largest absolute Gasteiger partial charge is 0.318 e. The molecule has 0 aromatic carbocycles. The Kier molecular flexibility index (Phi) is 4.06. The second-order valence-electron chi connectivity index (χ2n) is 7.32. The van der Waals surface area contributed by atoms with Gasteiger partial charge in [-0.1, -0.05) is 0 Å². The predicted octanol–water partition coefficient (Wildman–Crippen LogP) is 4.37. The maximum Gasteiger partial charge on any atom is 0.181 e. The number of hydrogen-bond donors (Lipinski definition) is 0. The lowest BCUT2D eigenvalue weighted by molar-refractivity contribution is 0.379. The van der Waals surface area contributed by atoms with E-state index in [4.69, 9.17) is 24.4 Å². The van der Waals surface area contributed by atoms with Gasteiger partial charge in [0, 0.05) is 35.9 Å². The van der Waals surface area contributed by atoms with Gasteiger partial charge < -0.3 is 18.3 Å². The van der Waals surface area contributed by atoms with E-state index >= 15 is 0 Å². The molecule has 0 amide bonds. The molecule has 0 N–H and O–H groups in total. The summed E-state index contributed by atoms with van der Waals surface area (Å²) in [6, 6.07) is 0. The van der Waals surface area contributed by atoms with E-state index in [0.717, 1.165) is 9.54 Å². The second kappa shape index (κ2) is 5.25. The van der Waals surface area contributed by atoms with E-state index in [1.165, 1.54) is 0 Å². The Morgan fingerprint density at radius 2 is 1.05 bits per heavy atom. The molecule has 2 heterocycles. The summed E-state index contributed by atoms with van der Waals surface area (Å²) < 4.78 is 9.92. The van der Waals surface area contributed by atoms with E-state index in [0.29, 0.717) is 6.67 Å². The van der Waals surface area contributed by atoms with E-state index in [-0.39, 0.29) is 11.1 Å². The number of imidazole rings is 2. The van der Waals surface area contributed by atoms with Gasteiger partial charge in [0.25, 0.3) is 0 Å². The van der Waals surface area contributed by atoms with Crippen LogP contribution < -0.4 is 0 Å². The number of hydrogen-bond acceptors (Lipinski definition) is 2. The minimum atomic E-state index is -0.0128. The highest BCUT2D eigenvalue weighted by Gasteiger charge is 2.17. The molecule has 116 valence electrons. The Bertz CT molecular complexity index is 680. The zero-order valence-electron chi connectivity index (χ0n) is 13.6. The van der Waals surface area contributed by atoms with Gasteiger partial charge in [0.15, 0.2) is 9.54 Å². The van der Waals surface area contributed by atoms with Crippen LogP contribution in [0.25, 0.3) is 0 Å². The molecule has 0 aliphatic carbocycles. The van der Waals surface area contributed by atoms with Crippen LogP contribution >= 0.6 is 24.4 Å². The highest BCUT2D eigenvalue weighted by molar-refractivity contribution is 7.71. The fraction of sp³-hybridized carbons (Fsp3) is 0.600. The van der Waals surface area contributed by atoms with Gasteiger partial charge in [-0.15, -0.1) is 0 Å². The first-order valence-corrected chi connectivity index (χ1v) is 7.90. The summed E-state index contributed by atoms with van der Waals surface area (Å²) in [5.74, 6) is 0. The van der Waals surface area contributed by atoms with E-state index < -0.39 is 0 Å². The van der Waals surface area contributed by atoms with Gasteiger partial charge in [0.1, 0.15) is 6.67 Å². The Labute approximate surface area is 136 Å². The van der Waals surface area contributed by atoms with Crippen LogP contribution in [0.2, 0.25) is 0 Å².